The first-order chi connectivity index (χ1) is 18.0. The van der Waals surface area contributed by atoms with Crippen molar-refractivity contribution in [2.24, 2.45) is 11.5 Å². The first-order valence-electron chi connectivity index (χ1n) is 12.4. The summed E-state index contributed by atoms with van der Waals surface area (Å²) in [6, 6.07) is 2.82. The van der Waals surface area contributed by atoms with Crippen molar-refractivity contribution in [3.05, 3.63) is 36.0 Å². The lowest BCUT2D eigenvalue weighted by atomic mass is 10.0. The molecule has 4 atom stereocenters. The van der Waals surface area contributed by atoms with Crippen LogP contribution in [0.5, 0.6) is 0 Å². The van der Waals surface area contributed by atoms with E-state index in [0.717, 1.165) is 16.5 Å². The summed E-state index contributed by atoms with van der Waals surface area (Å²) in [5.74, 6) is -4.41. The van der Waals surface area contributed by atoms with Crippen molar-refractivity contribution in [1.82, 2.24) is 20.9 Å². The lowest BCUT2D eigenvalue weighted by Gasteiger charge is -2.25. The monoisotopic (exact) mass is 532 g/mol. The number of rotatable bonds is 16. The molecule has 0 aliphatic heterocycles. The molecule has 0 saturated heterocycles. The standard InChI is InChI=1S/C25H36N6O7/c1-14(25(37)38)29-23(35)19(8-4-5-11-26)30-24(36)20(31-22(34)17(27)9-10-21(32)33)12-15-13-28-18-7-3-2-6-16(15)18/h2-3,6-7,13-14,17,19-20,28H,4-5,8-12,26-27H2,1H3,(H,29,35)(H,30,36)(H,31,34)(H,32,33)(H,37,38). The highest BCUT2D eigenvalue weighted by molar-refractivity contribution is 5.95. The van der Waals surface area contributed by atoms with E-state index in [1.54, 1.807) is 6.20 Å². The minimum Gasteiger partial charge on any atom is -0.481 e. The summed E-state index contributed by atoms with van der Waals surface area (Å²) >= 11 is 0. The van der Waals surface area contributed by atoms with Crippen LogP contribution in [0.25, 0.3) is 10.9 Å². The first-order valence-corrected chi connectivity index (χ1v) is 12.4. The van der Waals surface area contributed by atoms with E-state index in [4.69, 9.17) is 21.7 Å². The molecule has 10 N–H and O–H groups in total. The number of aliphatic carboxylic acids is 2. The summed E-state index contributed by atoms with van der Waals surface area (Å²) in [6.07, 6.45) is 2.60. The fraction of sp³-hybridized carbons (Fsp3) is 0.480. The van der Waals surface area contributed by atoms with Gasteiger partial charge in [-0.05, 0) is 50.8 Å². The molecule has 208 valence electrons. The largest absolute Gasteiger partial charge is 0.481 e. The maximum atomic E-state index is 13.4. The minimum absolute atomic E-state index is 0.0515. The van der Waals surface area contributed by atoms with Crippen molar-refractivity contribution in [2.45, 2.75) is 69.6 Å². The third-order valence-corrected chi connectivity index (χ3v) is 6.05. The molecule has 3 amide bonds. The molecule has 13 heteroatoms. The van der Waals surface area contributed by atoms with Crippen molar-refractivity contribution >= 4 is 40.6 Å². The number of para-hydroxylation sites is 1. The van der Waals surface area contributed by atoms with Crippen LogP contribution in [0.4, 0.5) is 0 Å². The van der Waals surface area contributed by atoms with Crippen LogP contribution in [-0.4, -0.2) is 75.6 Å². The third-order valence-electron chi connectivity index (χ3n) is 6.05. The Morgan fingerprint density at radius 2 is 1.58 bits per heavy atom. The van der Waals surface area contributed by atoms with Crippen LogP contribution in [0, 0.1) is 0 Å². The Kier molecular flexibility index (Phi) is 11.7. The number of hydrogen-bond acceptors (Lipinski definition) is 7. The summed E-state index contributed by atoms with van der Waals surface area (Å²) < 4.78 is 0. The first kappa shape index (κ1) is 30.3. The van der Waals surface area contributed by atoms with Gasteiger partial charge in [-0.2, -0.15) is 0 Å². The highest BCUT2D eigenvalue weighted by atomic mass is 16.4. The Labute approximate surface area is 219 Å². The quantitative estimate of drug-likeness (QED) is 0.131. The Hall–Kier alpha value is -3.97. The molecule has 38 heavy (non-hydrogen) atoms. The lowest BCUT2D eigenvalue weighted by Crippen LogP contribution is -2.57. The highest BCUT2D eigenvalue weighted by Gasteiger charge is 2.30. The van der Waals surface area contributed by atoms with Crippen LogP contribution in [0.15, 0.2) is 30.5 Å². The number of fused-ring (bicyclic) bond motifs is 1. The number of nitrogens with one attached hydrogen (secondary N) is 4. The van der Waals surface area contributed by atoms with Gasteiger partial charge in [0.1, 0.15) is 18.1 Å². The molecule has 0 aliphatic carbocycles. The minimum atomic E-state index is -1.23. The second-order valence-electron chi connectivity index (χ2n) is 9.08. The maximum absolute atomic E-state index is 13.4. The van der Waals surface area contributed by atoms with Gasteiger partial charge < -0.3 is 42.6 Å². The highest BCUT2D eigenvalue weighted by Crippen LogP contribution is 2.19. The summed E-state index contributed by atoms with van der Waals surface area (Å²) in [6.45, 7) is 1.68. The molecule has 0 spiro atoms. The van der Waals surface area contributed by atoms with Crippen LogP contribution in [0.3, 0.4) is 0 Å². The van der Waals surface area contributed by atoms with E-state index < -0.39 is 53.8 Å². The molecule has 2 rings (SSSR count). The molecule has 1 heterocycles. The van der Waals surface area contributed by atoms with Gasteiger partial charge in [0.25, 0.3) is 0 Å². The van der Waals surface area contributed by atoms with Crippen molar-refractivity contribution in [1.29, 1.82) is 0 Å². The van der Waals surface area contributed by atoms with Gasteiger partial charge in [0.05, 0.1) is 6.04 Å². The molecule has 13 nitrogen and oxygen atoms in total. The number of benzene rings is 1. The normalized spacial score (nSPS) is 14.2. The number of carboxylic acid groups (broad SMARTS) is 2. The van der Waals surface area contributed by atoms with Gasteiger partial charge >= 0.3 is 11.9 Å². The predicted octanol–water partition coefficient (Wildman–Crippen LogP) is -0.410. The SMILES string of the molecule is CC(NC(=O)C(CCCCN)NC(=O)C(Cc1c[nH]c2ccccc12)NC(=O)C(N)CCC(=O)O)C(=O)O. The van der Waals surface area contributed by atoms with Gasteiger partial charge in [-0.25, -0.2) is 0 Å². The second kappa shape index (κ2) is 14.7. The molecule has 0 fully saturated rings. The molecule has 0 bridgehead atoms. The number of H-pyrrole nitrogens is 1. The number of aromatic amines is 1. The molecule has 0 radical (unpaired) electrons. The number of carbonyl (C=O) groups excluding carboxylic acids is 3. The molecular weight excluding hydrogens is 496 g/mol. The van der Waals surface area contributed by atoms with E-state index in [9.17, 15) is 24.0 Å². The summed E-state index contributed by atoms with van der Waals surface area (Å²) in [7, 11) is 0. The van der Waals surface area contributed by atoms with E-state index in [1.807, 2.05) is 24.3 Å². The number of nitrogens with two attached hydrogens (primary N) is 2. The van der Waals surface area contributed by atoms with E-state index in [1.165, 1.54) is 6.92 Å². The molecule has 0 saturated carbocycles. The van der Waals surface area contributed by atoms with Gasteiger partial charge in [0.15, 0.2) is 0 Å². The van der Waals surface area contributed by atoms with Gasteiger partial charge in [-0.1, -0.05) is 18.2 Å². The second-order valence-corrected chi connectivity index (χ2v) is 9.08. The zero-order valence-electron chi connectivity index (χ0n) is 21.2. The van der Waals surface area contributed by atoms with Crippen molar-refractivity contribution in [2.75, 3.05) is 6.54 Å². The van der Waals surface area contributed by atoms with Crippen LogP contribution in [0.2, 0.25) is 0 Å². The van der Waals surface area contributed by atoms with E-state index in [0.29, 0.717) is 19.4 Å². The molecule has 1 aromatic heterocycles. The van der Waals surface area contributed by atoms with Gasteiger partial charge in [0.2, 0.25) is 17.7 Å². The predicted molar refractivity (Wildman–Crippen MR) is 139 cm³/mol. The van der Waals surface area contributed by atoms with E-state index >= 15 is 0 Å². The summed E-state index contributed by atoms with van der Waals surface area (Å²) in [4.78, 5) is 64.1. The van der Waals surface area contributed by atoms with Crippen LogP contribution in [-0.2, 0) is 30.4 Å². The summed E-state index contributed by atoms with van der Waals surface area (Å²) in [5, 5.41) is 26.4. The Morgan fingerprint density at radius 3 is 2.24 bits per heavy atom. The van der Waals surface area contributed by atoms with Crippen molar-refractivity contribution in [3.8, 4) is 0 Å². The Bertz CT molecular complexity index is 1130. The molecular formula is C25H36N6O7. The fourth-order valence-corrected chi connectivity index (χ4v) is 3.83. The number of amides is 3. The number of aromatic nitrogens is 1. The molecule has 1 aromatic carbocycles. The number of carbonyl (C=O) groups is 5. The zero-order chi connectivity index (χ0) is 28.2. The summed E-state index contributed by atoms with van der Waals surface area (Å²) in [5.41, 5.74) is 12.9. The third kappa shape index (κ3) is 9.16. The lowest BCUT2D eigenvalue weighted by molar-refractivity contribution is -0.142. The number of hydrogen-bond donors (Lipinski definition) is 8. The number of unbranched alkanes of at least 4 members (excludes halogenated alkanes) is 1. The average molecular weight is 533 g/mol. The van der Waals surface area contributed by atoms with Crippen LogP contribution in [0.1, 0.15) is 44.6 Å². The van der Waals surface area contributed by atoms with Crippen molar-refractivity contribution < 1.29 is 34.2 Å². The smallest absolute Gasteiger partial charge is 0.325 e. The van der Waals surface area contributed by atoms with Gasteiger partial charge in [-0.3, -0.25) is 24.0 Å². The molecule has 2 aromatic rings. The molecule has 0 aliphatic rings. The van der Waals surface area contributed by atoms with Crippen LogP contribution < -0.4 is 27.4 Å². The van der Waals surface area contributed by atoms with E-state index in [2.05, 4.69) is 20.9 Å². The Balaban J connectivity index is 2.26. The van der Waals surface area contributed by atoms with E-state index in [-0.39, 0.29) is 25.7 Å². The van der Waals surface area contributed by atoms with Crippen molar-refractivity contribution in [3.63, 3.8) is 0 Å². The average Bonchev–Trinajstić information content (AvgIpc) is 3.28. The maximum Gasteiger partial charge on any atom is 0.325 e. The fourth-order valence-electron chi connectivity index (χ4n) is 3.83. The van der Waals surface area contributed by atoms with Gasteiger partial charge in [0, 0.05) is 29.9 Å². The number of carboxylic acids is 2. The topological polar surface area (TPSA) is 230 Å². The molecule has 4 unspecified atom stereocenters. The van der Waals surface area contributed by atoms with Crippen LogP contribution >= 0.6 is 0 Å². The zero-order valence-corrected chi connectivity index (χ0v) is 21.2. The Morgan fingerprint density at radius 1 is 0.921 bits per heavy atom. The van der Waals surface area contributed by atoms with Gasteiger partial charge in [-0.15, -0.1) is 0 Å².